The quantitative estimate of drug-likeness (QED) is 0.631. The Morgan fingerprint density at radius 2 is 1.66 bits per heavy atom. The van der Waals surface area contributed by atoms with E-state index in [0.717, 1.165) is 11.3 Å². The third kappa shape index (κ3) is 4.46. The highest BCUT2D eigenvalue weighted by molar-refractivity contribution is 7.90. The van der Waals surface area contributed by atoms with Gasteiger partial charge in [-0.05, 0) is 44.5 Å². The van der Waals surface area contributed by atoms with E-state index in [1.54, 1.807) is 13.0 Å². The molecule has 3 aromatic rings. The Morgan fingerprint density at radius 1 is 0.966 bits per heavy atom. The number of hydrogen-bond donors (Lipinski definition) is 1. The third-order valence-corrected chi connectivity index (χ3v) is 6.11. The fourth-order valence-electron chi connectivity index (χ4n) is 3.16. The Labute approximate surface area is 170 Å². The molecule has 2 aromatic carbocycles. The molecular weight excluding hydrogens is 388 g/mol. The Hall–Kier alpha value is -3.19. The molecule has 6 nitrogen and oxygen atoms in total. The van der Waals surface area contributed by atoms with Crippen LogP contribution in [0.2, 0.25) is 0 Å². The monoisotopic (exact) mass is 410 g/mol. The molecule has 0 aliphatic rings. The van der Waals surface area contributed by atoms with Gasteiger partial charge in [0.15, 0.2) is 5.78 Å². The van der Waals surface area contributed by atoms with Crippen LogP contribution in [-0.2, 0) is 16.6 Å². The van der Waals surface area contributed by atoms with Crippen LogP contribution < -0.4 is 4.72 Å². The number of hydrogen-bond acceptors (Lipinski definition) is 4. The average molecular weight is 410 g/mol. The summed E-state index contributed by atoms with van der Waals surface area (Å²) in [6, 6.07) is 17.1. The Balaban J connectivity index is 1.86. The largest absolute Gasteiger partial charge is 0.344 e. The summed E-state index contributed by atoms with van der Waals surface area (Å²) in [5.41, 5.74) is 3.17. The second-order valence-corrected chi connectivity index (χ2v) is 8.56. The second-order valence-electron chi connectivity index (χ2n) is 6.88. The number of Topliss-reactive ketones (excluding diaryl/α,β-unsaturated/α-hetero) is 1. The van der Waals surface area contributed by atoms with Gasteiger partial charge < -0.3 is 4.57 Å². The molecule has 1 aromatic heterocycles. The molecule has 150 valence electrons. The van der Waals surface area contributed by atoms with Gasteiger partial charge in [-0.15, -0.1) is 0 Å². The van der Waals surface area contributed by atoms with Gasteiger partial charge in [0, 0.05) is 23.5 Å². The number of aryl methyl sites for hydroxylation is 1. The van der Waals surface area contributed by atoms with Crippen LogP contribution in [0, 0.1) is 13.8 Å². The molecule has 0 spiro atoms. The van der Waals surface area contributed by atoms with Crippen molar-refractivity contribution in [2.75, 3.05) is 0 Å². The smallest absolute Gasteiger partial charge is 0.266 e. The number of amides is 1. The van der Waals surface area contributed by atoms with Gasteiger partial charge in [0.25, 0.3) is 15.9 Å². The van der Waals surface area contributed by atoms with Crippen molar-refractivity contribution in [2.24, 2.45) is 0 Å². The van der Waals surface area contributed by atoms with E-state index in [1.165, 1.54) is 31.2 Å². The zero-order valence-corrected chi connectivity index (χ0v) is 17.3. The molecule has 0 atom stereocenters. The zero-order chi connectivity index (χ0) is 21.2. The van der Waals surface area contributed by atoms with Crippen molar-refractivity contribution in [1.82, 2.24) is 9.29 Å². The van der Waals surface area contributed by atoms with E-state index in [9.17, 15) is 18.0 Å². The molecule has 1 N–H and O–H groups in total. The van der Waals surface area contributed by atoms with Crippen LogP contribution in [0.15, 0.2) is 65.6 Å². The highest BCUT2D eigenvalue weighted by Gasteiger charge is 2.23. The van der Waals surface area contributed by atoms with E-state index in [2.05, 4.69) is 4.72 Å². The normalized spacial score (nSPS) is 11.3. The van der Waals surface area contributed by atoms with Crippen molar-refractivity contribution in [3.8, 4) is 0 Å². The van der Waals surface area contributed by atoms with Crippen molar-refractivity contribution in [2.45, 2.75) is 32.2 Å². The number of carbonyl (C=O) groups excluding carboxylic acids is 2. The molecule has 0 saturated carbocycles. The third-order valence-electron chi connectivity index (χ3n) is 4.78. The first-order valence-corrected chi connectivity index (χ1v) is 10.6. The van der Waals surface area contributed by atoms with Gasteiger partial charge in [-0.25, -0.2) is 13.1 Å². The number of aromatic nitrogens is 1. The number of sulfonamides is 1. The van der Waals surface area contributed by atoms with E-state index < -0.39 is 15.9 Å². The Kier molecular flexibility index (Phi) is 5.70. The second kappa shape index (κ2) is 8.05. The highest BCUT2D eigenvalue weighted by atomic mass is 32.2. The molecule has 0 unspecified atom stereocenters. The Bertz CT molecular complexity index is 1180. The highest BCUT2D eigenvalue weighted by Crippen LogP contribution is 2.19. The summed E-state index contributed by atoms with van der Waals surface area (Å²) in [4.78, 5) is 24.1. The van der Waals surface area contributed by atoms with Gasteiger partial charge in [0.05, 0.1) is 10.5 Å². The minimum Gasteiger partial charge on any atom is -0.344 e. The topological polar surface area (TPSA) is 85.2 Å². The van der Waals surface area contributed by atoms with Gasteiger partial charge in [-0.3, -0.25) is 9.59 Å². The number of rotatable bonds is 6. The lowest BCUT2D eigenvalue weighted by atomic mass is 10.2. The summed E-state index contributed by atoms with van der Waals surface area (Å²) in [5, 5.41) is 0. The maximum atomic E-state index is 12.7. The first-order valence-electron chi connectivity index (χ1n) is 9.08. The van der Waals surface area contributed by atoms with Crippen LogP contribution in [0.1, 0.15) is 44.6 Å². The van der Waals surface area contributed by atoms with Gasteiger partial charge in [-0.2, -0.15) is 0 Å². The molecule has 3 rings (SSSR count). The minimum absolute atomic E-state index is 0.128. The molecule has 0 aliphatic heterocycles. The molecule has 0 radical (unpaired) electrons. The number of nitrogens with zero attached hydrogens (tertiary/aromatic N) is 1. The SMILES string of the molecule is CC(=O)c1cccc(S(=O)(=O)NC(=O)c2cc(C)n(Cc3ccccc3)c2C)c1. The molecule has 0 bridgehead atoms. The summed E-state index contributed by atoms with van der Waals surface area (Å²) < 4.78 is 29.3. The minimum atomic E-state index is -4.10. The molecule has 0 saturated heterocycles. The van der Waals surface area contributed by atoms with E-state index >= 15 is 0 Å². The maximum absolute atomic E-state index is 12.7. The fraction of sp³-hybridized carbons (Fsp3) is 0.182. The van der Waals surface area contributed by atoms with Crippen LogP contribution in [-0.4, -0.2) is 24.7 Å². The van der Waals surface area contributed by atoms with E-state index in [1.807, 2.05) is 41.8 Å². The molecule has 7 heteroatoms. The molecule has 1 amide bonds. The predicted octanol–water partition coefficient (Wildman–Crippen LogP) is 3.47. The molecule has 1 heterocycles. The first kappa shape index (κ1) is 20.5. The predicted molar refractivity (Wildman–Crippen MR) is 111 cm³/mol. The number of nitrogens with one attached hydrogen (secondary N) is 1. The fourth-order valence-corrected chi connectivity index (χ4v) is 4.17. The summed E-state index contributed by atoms with van der Waals surface area (Å²) in [7, 11) is -4.10. The van der Waals surface area contributed by atoms with Gasteiger partial charge in [0.2, 0.25) is 0 Å². The zero-order valence-electron chi connectivity index (χ0n) is 16.5. The van der Waals surface area contributed by atoms with Gasteiger partial charge in [0.1, 0.15) is 0 Å². The first-order chi connectivity index (χ1) is 13.7. The van der Waals surface area contributed by atoms with Crippen LogP contribution in [0.3, 0.4) is 0 Å². The van der Waals surface area contributed by atoms with Crippen molar-refractivity contribution in [3.05, 3.63) is 88.7 Å². The van der Waals surface area contributed by atoms with Crippen LogP contribution in [0.25, 0.3) is 0 Å². The number of benzene rings is 2. The van der Waals surface area contributed by atoms with Crippen molar-refractivity contribution in [3.63, 3.8) is 0 Å². The van der Waals surface area contributed by atoms with Crippen LogP contribution in [0.4, 0.5) is 0 Å². The molecule has 29 heavy (non-hydrogen) atoms. The summed E-state index contributed by atoms with van der Waals surface area (Å²) in [5.74, 6) is -0.955. The Morgan fingerprint density at radius 3 is 2.31 bits per heavy atom. The maximum Gasteiger partial charge on any atom is 0.266 e. The summed E-state index contributed by atoms with van der Waals surface area (Å²) in [6.07, 6.45) is 0. The van der Waals surface area contributed by atoms with Gasteiger partial charge in [-0.1, -0.05) is 42.5 Å². The van der Waals surface area contributed by atoms with Crippen molar-refractivity contribution in [1.29, 1.82) is 0 Å². The van der Waals surface area contributed by atoms with Crippen molar-refractivity contribution < 1.29 is 18.0 Å². The standard InChI is InChI=1S/C22H22N2O4S/c1-15-12-21(16(2)24(15)14-18-8-5-4-6-9-18)22(26)23-29(27,28)20-11-7-10-19(13-20)17(3)25/h4-13H,14H2,1-3H3,(H,23,26). The lowest BCUT2D eigenvalue weighted by Crippen LogP contribution is -2.31. The lowest BCUT2D eigenvalue weighted by Gasteiger charge is -2.11. The van der Waals surface area contributed by atoms with Crippen LogP contribution in [0.5, 0.6) is 0 Å². The van der Waals surface area contributed by atoms with Crippen LogP contribution >= 0.6 is 0 Å². The molecule has 0 fully saturated rings. The van der Waals surface area contributed by atoms with E-state index in [-0.39, 0.29) is 16.2 Å². The summed E-state index contributed by atoms with van der Waals surface area (Å²) >= 11 is 0. The van der Waals surface area contributed by atoms with Gasteiger partial charge >= 0.3 is 0 Å². The van der Waals surface area contributed by atoms with E-state index in [4.69, 9.17) is 0 Å². The number of carbonyl (C=O) groups is 2. The number of ketones is 1. The molecule has 0 aliphatic carbocycles. The average Bonchev–Trinajstić information content (AvgIpc) is 2.97. The lowest BCUT2D eigenvalue weighted by molar-refractivity contribution is 0.0979. The van der Waals surface area contributed by atoms with Crippen molar-refractivity contribution >= 4 is 21.7 Å². The van der Waals surface area contributed by atoms with E-state index in [0.29, 0.717) is 17.8 Å². The summed E-state index contributed by atoms with van der Waals surface area (Å²) in [6.45, 7) is 5.59. The molecular formula is C22H22N2O4S.